The van der Waals surface area contributed by atoms with Crippen molar-refractivity contribution in [2.45, 2.75) is 33.1 Å². The molecule has 0 amide bonds. The van der Waals surface area contributed by atoms with Gasteiger partial charge in [-0.2, -0.15) is 0 Å². The Balaban J connectivity index is 1.66. The Hall–Kier alpha value is -4.16. The zero-order chi connectivity index (χ0) is 25.7. The predicted octanol–water partition coefficient (Wildman–Crippen LogP) is 6.84. The van der Waals surface area contributed by atoms with E-state index >= 15 is 0 Å². The van der Waals surface area contributed by atoms with Crippen molar-refractivity contribution in [3.63, 3.8) is 0 Å². The highest BCUT2D eigenvalue weighted by Crippen LogP contribution is 2.42. The van der Waals surface area contributed by atoms with Gasteiger partial charge in [0.2, 0.25) is 0 Å². The van der Waals surface area contributed by atoms with Crippen molar-refractivity contribution in [2.24, 2.45) is 0 Å². The molecule has 5 nitrogen and oxygen atoms in total. The molecule has 1 aliphatic carbocycles. The van der Waals surface area contributed by atoms with Crippen LogP contribution in [0.5, 0.6) is 0 Å². The first-order valence-electron chi connectivity index (χ1n) is 12.4. The first-order chi connectivity index (χ1) is 17.9. The van der Waals surface area contributed by atoms with Crippen LogP contribution < -0.4 is 5.56 Å². The smallest absolute Gasteiger partial charge is 0.265 e. The third kappa shape index (κ3) is 4.13. The monoisotopic (exact) mass is 502 g/mol. The molecule has 0 bridgehead atoms. The molecule has 3 aromatic carbocycles. The van der Waals surface area contributed by atoms with Crippen LogP contribution in [0, 0.1) is 25.5 Å². The van der Waals surface area contributed by atoms with E-state index in [-0.39, 0.29) is 11.5 Å². The molecular weight excluding hydrogens is 476 g/mol. The molecule has 0 saturated heterocycles. The summed E-state index contributed by atoms with van der Waals surface area (Å²) in [4.78, 5) is 27.1. The molecule has 0 fully saturated rings. The fraction of sp³-hybridized carbons (Fsp3) is 0.161. The summed E-state index contributed by atoms with van der Waals surface area (Å²) < 4.78 is 2.22. The summed E-state index contributed by atoms with van der Waals surface area (Å²) in [5.41, 5.74) is 8.81. The molecule has 0 aliphatic heterocycles. The van der Waals surface area contributed by atoms with E-state index < -0.39 is 0 Å². The van der Waals surface area contributed by atoms with Crippen LogP contribution in [0.1, 0.15) is 51.8 Å². The van der Waals surface area contributed by atoms with Crippen LogP contribution in [0.25, 0.3) is 28.2 Å². The average Bonchev–Trinajstić information content (AvgIpc) is 2.89. The molecule has 0 radical (unpaired) electrons. The topological polar surface area (TPSA) is 63.6 Å². The quantitative estimate of drug-likeness (QED) is 0.274. The molecule has 2 heterocycles. The molecule has 37 heavy (non-hydrogen) atoms. The van der Waals surface area contributed by atoms with Gasteiger partial charge in [-0.3, -0.25) is 9.36 Å². The number of hydrogen-bond donors (Lipinski definition) is 1. The van der Waals surface area contributed by atoms with E-state index in [1.165, 1.54) is 5.56 Å². The number of nitrogens with one attached hydrogen (secondary N) is 1. The van der Waals surface area contributed by atoms with Crippen LogP contribution in [0.15, 0.2) is 77.6 Å². The first-order valence-corrected chi connectivity index (χ1v) is 12.8. The van der Waals surface area contributed by atoms with Gasteiger partial charge in [-0.05, 0) is 80.9 Å². The number of aryl methyl sites for hydroxylation is 3. The van der Waals surface area contributed by atoms with Crippen molar-refractivity contribution in [1.82, 2.24) is 19.5 Å². The Morgan fingerprint density at radius 2 is 1.57 bits per heavy atom. The number of allylic oxidation sites excluding steroid dienone is 1. The van der Waals surface area contributed by atoms with Gasteiger partial charge < -0.3 is 4.98 Å². The minimum absolute atomic E-state index is 0.0769. The molecule has 5 aromatic rings. The lowest BCUT2D eigenvalue weighted by atomic mass is 9.81. The van der Waals surface area contributed by atoms with Crippen LogP contribution in [0.2, 0.25) is 0 Å². The van der Waals surface area contributed by atoms with Crippen LogP contribution in [0.4, 0.5) is 0 Å². The Morgan fingerprint density at radius 3 is 2.30 bits per heavy atom. The van der Waals surface area contributed by atoms with E-state index in [2.05, 4.69) is 42.2 Å². The lowest BCUT2D eigenvalue weighted by Crippen LogP contribution is -2.28. The average molecular weight is 503 g/mol. The van der Waals surface area contributed by atoms with E-state index in [1.807, 2.05) is 62.4 Å². The number of nitrogens with zero attached hydrogens (tertiary/aromatic N) is 3. The summed E-state index contributed by atoms with van der Waals surface area (Å²) >= 11 is 5.44. The van der Waals surface area contributed by atoms with Crippen molar-refractivity contribution in [2.75, 3.05) is 0 Å². The van der Waals surface area contributed by atoms with Crippen molar-refractivity contribution >= 4 is 34.8 Å². The largest absolute Gasteiger partial charge is 0.334 e. The lowest BCUT2D eigenvalue weighted by Gasteiger charge is -2.28. The van der Waals surface area contributed by atoms with E-state index in [1.54, 1.807) is 4.57 Å². The number of hydrogen-bond acceptors (Lipinski definition) is 4. The number of aromatic nitrogens is 4. The summed E-state index contributed by atoms with van der Waals surface area (Å²) in [5, 5.41) is 0.597. The summed E-state index contributed by atoms with van der Waals surface area (Å²) in [6.45, 7) is 6.14. The van der Waals surface area contributed by atoms with Crippen LogP contribution in [0.3, 0.4) is 0 Å². The molecule has 1 unspecified atom stereocenters. The second-order valence-corrected chi connectivity index (χ2v) is 10.1. The molecule has 1 aliphatic rings. The van der Waals surface area contributed by atoms with Crippen LogP contribution in [-0.2, 0) is 0 Å². The number of rotatable bonds is 3. The van der Waals surface area contributed by atoms with E-state index in [9.17, 15) is 4.79 Å². The normalized spacial score (nSPS) is 14.9. The van der Waals surface area contributed by atoms with Gasteiger partial charge in [0, 0.05) is 11.3 Å². The zero-order valence-electron chi connectivity index (χ0n) is 20.9. The molecule has 6 heteroatoms. The van der Waals surface area contributed by atoms with Crippen molar-refractivity contribution in [3.05, 3.63) is 127 Å². The van der Waals surface area contributed by atoms with E-state index in [4.69, 9.17) is 22.2 Å². The van der Waals surface area contributed by atoms with Crippen molar-refractivity contribution in [1.29, 1.82) is 0 Å². The Kier molecular flexibility index (Phi) is 5.69. The van der Waals surface area contributed by atoms with Gasteiger partial charge in [-0.25, -0.2) is 9.97 Å². The fourth-order valence-electron chi connectivity index (χ4n) is 5.23. The highest BCUT2D eigenvalue weighted by atomic mass is 32.1. The Labute approximate surface area is 220 Å². The first kappa shape index (κ1) is 23.3. The maximum Gasteiger partial charge on any atom is 0.265 e. The predicted molar refractivity (Wildman–Crippen MR) is 152 cm³/mol. The highest BCUT2D eigenvalue weighted by molar-refractivity contribution is 7.71. The molecule has 6 rings (SSSR count). The zero-order valence-corrected chi connectivity index (χ0v) is 21.8. The maximum atomic E-state index is 14.0. The van der Waals surface area contributed by atoms with Crippen LogP contribution in [-0.4, -0.2) is 19.5 Å². The van der Waals surface area contributed by atoms with Gasteiger partial charge in [0.25, 0.3) is 5.56 Å². The summed E-state index contributed by atoms with van der Waals surface area (Å²) in [5.74, 6) is 0.496. The van der Waals surface area contributed by atoms with Crippen LogP contribution >= 0.6 is 12.2 Å². The Morgan fingerprint density at radius 1 is 0.892 bits per heavy atom. The molecular formula is C31H26N4OS. The third-order valence-electron chi connectivity index (χ3n) is 7.11. The second kappa shape index (κ2) is 9.05. The highest BCUT2D eigenvalue weighted by Gasteiger charge is 2.31. The van der Waals surface area contributed by atoms with E-state index in [0.29, 0.717) is 27.9 Å². The number of para-hydroxylation sites is 1. The number of benzene rings is 3. The molecule has 1 N–H and O–H groups in total. The standard InChI is InChI=1S/C31H26N4OS/c1-18-8-12-21(13-9-18)22-16-25(28-20(3)32-31(37)34-27(28)17-22)29-33-26-7-5-4-6-24(26)30(36)35(29)23-14-10-19(2)11-15-23/h4-15,17,25H,16H2,1-3H3,(H,32,34,37). The fourth-order valence-corrected chi connectivity index (χ4v) is 5.48. The van der Waals surface area contributed by atoms with Gasteiger partial charge in [-0.1, -0.05) is 59.7 Å². The van der Waals surface area contributed by atoms with Gasteiger partial charge in [0.15, 0.2) is 4.77 Å². The van der Waals surface area contributed by atoms with Crippen molar-refractivity contribution < 1.29 is 0 Å². The van der Waals surface area contributed by atoms with Gasteiger partial charge in [0.1, 0.15) is 5.82 Å². The SMILES string of the molecule is Cc1ccc(C2=Cc3nc(=S)[nH]c(C)c3C(c3nc4ccccc4c(=O)n3-c3ccc(C)cc3)C2)cc1. The van der Waals surface area contributed by atoms with E-state index in [0.717, 1.165) is 39.3 Å². The van der Waals surface area contributed by atoms with Gasteiger partial charge >= 0.3 is 0 Å². The van der Waals surface area contributed by atoms with Gasteiger partial charge in [0.05, 0.1) is 28.2 Å². The Bertz CT molecular complexity index is 1810. The molecule has 0 saturated carbocycles. The molecule has 1 atom stereocenters. The summed E-state index contributed by atoms with van der Waals surface area (Å²) in [6, 6.07) is 24.1. The molecule has 2 aromatic heterocycles. The third-order valence-corrected chi connectivity index (χ3v) is 7.30. The minimum atomic E-state index is -0.200. The summed E-state index contributed by atoms with van der Waals surface area (Å²) in [7, 11) is 0. The molecule has 182 valence electrons. The second-order valence-electron chi connectivity index (χ2n) is 9.72. The number of fused-ring (bicyclic) bond motifs is 2. The maximum absolute atomic E-state index is 14.0. The number of aromatic amines is 1. The summed E-state index contributed by atoms with van der Waals surface area (Å²) in [6.07, 6.45) is 2.81. The lowest BCUT2D eigenvalue weighted by molar-refractivity contribution is 0.696. The number of H-pyrrole nitrogens is 1. The minimum Gasteiger partial charge on any atom is -0.334 e. The van der Waals surface area contributed by atoms with Gasteiger partial charge in [-0.15, -0.1) is 0 Å². The van der Waals surface area contributed by atoms with Crippen molar-refractivity contribution in [3.8, 4) is 5.69 Å². The molecule has 0 spiro atoms.